The van der Waals surface area contributed by atoms with Crippen molar-refractivity contribution >= 4 is 43.8 Å². The molecule has 0 spiro atoms. The van der Waals surface area contributed by atoms with Gasteiger partial charge in [0.15, 0.2) is 9.84 Å². The largest absolute Gasteiger partial charge is 0.327 e. The van der Waals surface area contributed by atoms with Crippen molar-refractivity contribution in [2.45, 2.75) is 11.8 Å². The molecule has 110 valence electrons. The Morgan fingerprint density at radius 1 is 1.50 bits per heavy atom. The molecule has 0 unspecified atom stereocenters. The number of fused-ring (bicyclic) bond motifs is 1. The fraction of sp³-hybridized carbons (Fsp3) is 0.250. The SMILES string of the molecule is Cc1nc2c(S(=O)(=O)C/C(F)=C/CN)cccc2s1.Cl. The maximum absolute atomic E-state index is 13.4. The Labute approximate surface area is 126 Å². The van der Waals surface area contributed by atoms with Crippen molar-refractivity contribution in [3.8, 4) is 0 Å². The van der Waals surface area contributed by atoms with Gasteiger partial charge >= 0.3 is 0 Å². The molecule has 0 radical (unpaired) electrons. The zero-order chi connectivity index (χ0) is 14.0. The van der Waals surface area contributed by atoms with Gasteiger partial charge in [-0.25, -0.2) is 17.8 Å². The maximum atomic E-state index is 13.4. The van der Waals surface area contributed by atoms with Crippen LogP contribution >= 0.6 is 23.7 Å². The fourth-order valence-corrected chi connectivity index (χ4v) is 4.02. The smallest absolute Gasteiger partial charge is 0.187 e. The lowest BCUT2D eigenvalue weighted by Crippen LogP contribution is -2.09. The third-order valence-electron chi connectivity index (χ3n) is 2.49. The number of hydrogen-bond acceptors (Lipinski definition) is 5. The summed E-state index contributed by atoms with van der Waals surface area (Å²) < 4.78 is 38.5. The van der Waals surface area contributed by atoms with Crippen LogP contribution in [0.25, 0.3) is 10.2 Å². The second kappa shape index (κ2) is 6.62. The summed E-state index contributed by atoms with van der Waals surface area (Å²) >= 11 is 1.41. The molecule has 1 heterocycles. The number of benzene rings is 1. The highest BCUT2D eigenvalue weighted by Crippen LogP contribution is 2.28. The molecule has 0 fully saturated rings. The van der Waals surface area contributed by atoms with Gasteiger partial charge in [0.05, 0.1) is 14.6 Å². The van der Waals surface area contributed by atoms with Crippen molar-refractivity contribution in [3.05, 3.63) is 35.1 Å². The number of aryl methyl sites for hydroxylation is 1. The first-order valence-corrected chi connectivity index (χ1v) is 8.04. The van der Waals surface area contributed by atoms with Crippen LogP contribution in [-0.2, 0) is 9.84 Å². The summed E-state index contributed by atoms with van der Waals surface area (Å²) in [6.45, 7) is 1.78. The minimum Gasteiger partial charge on any atom is -0.327 e. The van der Waals surface area contributed by atoms with E-state index in [0.29, 0.717) is 5.52 Å². The highest BCUT2D eigenvalue weighted by Gasteiger charge is 2.21. The zero-order valence-electron chi connectivity index (χ0n) is 10.7. The molecule has 0 bridgehead atoms. The molecule has 0 atom stereocenters. The molecule has 2 N–H and O–H groups in total. The first-order valence-electron chi connectivity index (χ1n) is 5.57. The van der Waals surface area contributed by atoms with E-state index in [0.717, 1.165) is 15.8 Å². The van der Waals surface area contributed by atoms with Crippen LogP contribution in [0.4, 0.5) is 4.39 Å². The number of para-hydroxylation sites is 1. The summed E-state index contributed by atoms with van der Waals surface area (Å²) in [6, 6.07) is 4.88. The Morgan fingerprint density at radius 3 is 2.85 bits per heavy atom. The molecule has 0 aliphatic carbocycles. The van der Waals surface area contributed by atoms with Gasteiger partial charge < -0.3 is 5.73 Å². The zero-order valence-corrected chi connectivity index (χ0v) is 13.1. The number of hydrogen-bond donors (Lipinski definition) is 1. The Kier molecular flexibility index (Phi) is 5.64. The predicted octanol–water partition coefficient (Wildman–Crippen LogP) is 2.61. The molecular formula is C12H14ClFN2O2S2. The summed E-state index contributed by atoms with van der Waals surface area (Å²) in [6.07, 6.45) is 1.06. The fourth-order valence-electron chi connectivity index (χ4n) is 1.73. The number of nitrogens with two attached hydrogens (primary N) is 1. The molecule has 4 nitrogen and oxygen atoms in total. The van der Waals surface area contributed by atoms with Crippen molar-refractivity contribution in [2.24, 2.45) is 5.73 Å². The third-order valence-corrected chi connectivity index (χ3v) is 5.08. The van der Waals surface area contributed by atoms with E-state index in [9.17, 15) is 12.8 Å². The molecular weight excluding hydrogens is 323 g/mol. The van der Waals surface area contributed by atoms with Crippen molar-refractivity contribution in [1.29, 1.82) is 0 Å². The highest BCUT2D eigenvalue weighted by atomic mass is 35.5. The van der Waals surface area contributed by atoms with E-state index < -0.39 is 21.4 Å². The quantitative estimate of drug-likeness (QED) is 0.931. The summed E-state index contributed by atoms with van der Waals surface area (Å²) in [5.41, 5.74) is 5.57. The van der Waals surface area contributed by atoms with E-state index in [4.69, 9.17) is 5.73 Å². The van der Waals surface area contributed by atoms with Crippen LogP contribution in [0.3, 0.4) is 0 Å². The van der Waals surface area contributed by atoms with E-state index in [1.807, 2.05) is 0 Å². The second-order valence-electron chi connectivity index (χ2n) is 3.98. The van der Waals surface area contributed by atoms with Crippen LogP contribution in [0.1, 0.15) is 5.01 Å². The standard InChI is InChI=1S/C12H13FN2O2S2.ClH/c1-8-15-12-10(18-8)3-2-4-11(12)19(16,17)7-9(13)5-6-14;/h2-5H,6-7,14H2,1H3;1H/b9-5-;. The van der Waals surface area contributed by atoms with Crippen LogP contribution < -0.4 is 5.73 Å². The number of halogens is 2. The van der Waals surface area contributed by atoms with Crippen LogP contribution in [0.5, 0.6) is 0 Å². The Balaban J connectivity index is 0.00000200. The first-order chi connectivity index (χ1) is 8.94. The van der Waals surface area contributed by atoms with Gasteiger partial charge in [0, 0.05) is 6.54 Å². The molecule has 0 saturated carbocycles. The van der Waals surface area contributed by atoms with E-state index >= 15 is 0 Å². The van der Waals surface area contributed by atoms with E-state index in [1.54, 1.807) is 19.1 Å². The number of rotatable bonds is 4. The molecule has 20 heavy (non-hydrogen) atoms. The van der Waals surface area contributed by atoms with Crippen LogP contribution in [-0.4, -0.2) is 25.7 Å². The third kappa shape index (κ3) is 3.54. The van der Waals surface area contributed by atoms with Crippen molar-refractivity contribution in [2.75, 3.05) is 12.3 Å². The first kappa shape index (κ1) is 17.0. The highest BCUT2D eigenvalue weighted by molar-refractivity contribution is 7.91. The molecule has 2 aromatic rings. The number of nitrogens with zero attached hydrogens (tertiary/aromatic N) is 1. The average Bonchev–Trinajstić information content (AvgIpc) is 2.67. The van der Waals surface area contributed by atoms with Gasteiger partial charge in [0.1, 0.15) is 17.1 Å². The lowest BCUT2D eigenvalue weighted by Gasteiger charge is -2.03. The molecule has 0 aliphatic heterocycles. The molecule has 0 amide bonds. The number of aromatic nitrogens is 1. The van der Waals surface area contributed by atoms with E-state index in [2.05, 4.69) is 4.98 Å². The topological polar surface area (TPSA) is 73.0 Å². The number of thiazole rings is 1. The lowest BCUT2D eigenvalue weighted by atomic mass is 10.3. The lowest BCUT2D eigenvalue weighted by molar-refractivity contribution is 0.583. The van der Waals surface area contributed by atoms with Crippen molar-refractivity contribution in [1.82, 2.24) is 4.98 Å². The monoisotopic (exact) mass is 336 g/mol. The molecule has 2 rings (SSSR count). The molecule has 0 aliphatic rings. The summed E-state index contributed by atoms with van der Waals surface area (Å²) in [4.78, 5) is 4.27. The van der Waals surface area contributed by atoms with Gasteiger partial charge in [0.25, 0.3) is 0 Å². The van der Waals surface area contributed by atoms with Gasteiger partial charge in [-0.15, -0.1) is 23.7 Å². The minimum absolute atomic E-state index is 0. The normalized spacial score (nSPS) is 12.4. The van der Waals surface area contributed by atoms with Gasteiger partial charge in [-0.1, -0.05) is 6.07 Å². The molecule has 8 heteroatoms. The molecule has 1 aromatic carbocycles. The van der Waals surface area contributed by atoms with Crippen molar-refractivity contribution < 1.29 is 12.8 Å². The maximum Gasteiger partial charge on any atom is 0.187 e. The second-order valence-corrected chi connectivity index (χ2v) is 7.17. The van der Waals surface area contributed by atoms with Crippen LogP contribution in [0.15, 0.2) is 35.0 Å². The predicted molar refractivity (Wildman–Crippen MR) is 81.9 cm³/mol. The Morgan fingerprint density at radius 2 is 2.20 bits per heavy atom. The van der Waals surface area contributed by atoms with Gasteiger partial charge in [0.2, 0.25) is 0 Å². The van der Waals surface area contributed by atoms with Crippen LogP contribution in [0.2, 0.25) is 0 Å². The van der Waals surface area contributed by atoms with Crippen LogP contribution in [0, 0.1) is 6.92 Å². The van der Waals surface area contributed by atoms with Crippen molar-refractivity contribution in [3.63, 3.8) is 0 Å². The summed E-state index contributed by atoms with van der Waals surface area (Å²) in [7, 11) is -3.75. The molecule has 1 aromatic heterocycles. The minimum atomic E-state index is -3.75. The van der Waals surface area contributed by atoms with Gasteiger partial charge in [-0.2, -0.15) is 0 Å². The Bertz CT molecular complexity index is 741. The van der Waals surface area contributed by atoms with Gasteiger partial charge in [-0.3, -0.25) is 0 Å². The summed E-state index contributed by atoms with van der Waals surface area (Å²) in [5, 5.41) is 0.774. The van der Waals surface area contributed by atoms with E-state index in [1.165, 1.54) is 17.4 Å². The average molecular weight is 337 g/mol. The summed E-state index contributed by atoms with van der Waals surface area (Å²) in [5.74, 6) is -1.42. The van der Waals surface area contributed by atoms with E-state index in [-0.39, 0.29) is 23.8 Å². The van der Waals surface area contributed by atoms with Gasteiger partial charge in [-0.05, 0) is 25.1 Å². The molecule has 0 saturated heterocycles. The number of sulfone groups is 1. The Hall–Kier alpha value is -1.02.